The molecule has 0 fully saturated rings. The summed E-state index contributed by atoms with van der Waals surface area (Å²) >= 11 is 0. The van der Waals surface area contributed by atoms with Gasteiger partial charge in [-0.05, 0) is 122 Å². The van der Waals surface area contributed by atoms with Crippen molar-refractivity contribution in [3.05, 3.63) is 130 Å². The van der Waals surface area contributed by atoms with Gasteiger partial charge in [0.1, 0.15) is 5.82 Å². The summed E-state index contributed by atoms with van der Waals surface area (Å²) in [4.78, 5) is 4.71. The summed E-state index contributed by atoms with van der Waals surface area (Å²) in [6.07, 6.45) is 1.85. The summed E-state index contributed by atoms with van der Waals surface area (Å²) in [6, 6.07) is 29.7. The Morgan fingerprint density at radius 2 is 1.36 bits per heavy atom. The molecule has 7 rings (SSSR count). The second-order valence-electron chi connectivity index (χ2n) is 14.0. The van der Waals surface area contributed by atoms with Gasteiger partial charge in [0.25, 0.3) is 0 Å². The minimum atomic E-state index is 0. The van der Waals surface area contributed by atoms with Crippen molar-refractivity contribution in [1.82, 2.24) is 19.3 Å². The number of nitrogens with zero attached hydrogens (tertiary/aromatic N) is 4. The molecule has 0 amide bonds. The molecule has 5 nitrogen and oxygen atoms in total. The predicted molar refractivity (Wildman–Crippen MR) is 202 cm³/mol. The van der Waals surface area contributed by atoms with Crippen LogP contribution in [0.1, 0.15) is 84.3 Å². The summed E-state index contributed by atoms with van der Waals surface area (Å²) < 4.78 is 10.7. The molecule has 4 aromatic carbocycles. The van der Waals surface area contributed by atoms with Crippen molar-refractivity contribution < 1.29 is 25.2 Å². The van der Waals surface area contributed by atoms with E-state index >= 15 is 0 Å². The Morgan fingerprint density at radius 3 is 2.04 bits per heavy atom. The number of hydrogen-bond acceptors (Lipinski definition) is 3. The van der Waals surface area contributed by atoms with Gasteiger partial charge in [0, 0.05) is 34.5 Å². The fourth-order valence-corrected chi connectivity index (χ4v) is 7.71. The van der Waals surface area contributed by atoms with Crippen LogP contribution in [0, 0.1) is 53.7 Å². The quantitative estimate of drug-likeness (QED) is 0.120. The third-order valence-electron chi connectivity index (χ3n) is 10.1. The van der Waals surface area contributed by atoms with E-state index in [1.54, 1.807) is 0 Å². The van der Waals surface area contributed by atoms with Gasteiger partial charge in [-0.25, -0.2) is 4.98 Å². The van der Waals surface area contributed by atoms with Crippen LogP contribution in [0.15, 0.2) is 72.9 Å². The maximum atomic E-state index is 6.48. The van der Waals surface area contributed by atoms with E-state index in [0.717, 1.165) is 50.3 Å². The third kappa shape index (κ3) is 5.89. The van der Waals surface area contributed by atoms with Gasteiger partial charge in [-0.15, -0.1) is 35.7 Å². The smallest absolute Gasteiger partial charge is 0.509 e. The van der Waals surface area contributed by atoms with E-state index in [9.17, 15) is 0 Å². The van der Waals surface area contributed by atoms with Crippen molar-refractivity contribution in [2.75, 3.05) is 0 Å². The predicted octanol–water partition coefficient (Wildman–Crippen LogP) is 11.5. The molecule has 3 heterocycles. The fourth-order valence-electron chi connectivity index (χ4n) is 7.71. The number of pyridine rings is 1. The summed E-state index contributed by atoms with van der Waals surface area (Å²) in [5.74, 6) is 2.83. The van der Waals surface area contributed by atoms with Crippen LogP contribution in [0.5, 0.6) is 11.5 Å². The molecule has 0 aliphatic heterocycles. The monoisotopic (exact) mass is 750 g/mol. The van der Waals surface area contributed by atoms with Gasteiger partial charge in [0.05, 0.1) is 5.69 Å². The Bertz CT molecular complexity index is 2360. The number of aryl methyl sites for hydroxylation is 2. The average Bonchev–Trinajstić information content (AvgIpc) is 3.55. The number of fused-ring (bicyclic) bond motifs is 3. The Morgan fingerprint density at radius 1 is 0.680 bits per heavy atom. The van der Waals surface area contributed by atoms with E-state index in [0.29, 0.717) is 23.3 Å². The molecule has 3 aromatic heterocycles. The molecule has 0 saturated carbocycles. The first kappa shape index (κ1) is 35.3. The van der Waals surface area contributed by atoms with Crippen molar-refractivity contribution in [1.29, 1.82) is 0 Å². The first-order valence-corrected chi connectivity index (χ1v) is 17.2. The molecule has 7 aromatic rings. The van der Waals surface area contributed by atoms with E-state index in [2.05, 4.69) is 122 Å². The Labute approximate surface area is 310 Å². The maximum Gasteiger partial charge on any atom is 2.00 e. The van der Waals surface area contributed by atoms with Crippen LogP contribution in [-0.2, 0) is 20.4 Å². The molecule has 0 aliphatic carbocycles. The van der Waals surface area contributed by atoms with Gasteiger partial charge in [-0.3, -0.25) is 4.68 Å². The van der Waals surface area contributed by atoms with E-state index in [-0.39, 0.29) is 20.4 Å². The second-order valence-corrected chi connectivity index (χ2v) is 14.0. The molecule has 0 unspecified atom stereocenters. The molecular formula is C44H44N4OPd. The zero-order valence-corrected chi connectivity index (χ0v) is 32.2. The Kier molecular flexibility index (Phi) is 9.66. The van der Waals surface area contributed by atoms with Crippen LogP contribution in [-0.4, -0.2) is 19.3 Å². The minimum Gasteiger partial charge on any atom is -0.509 e. The number of benzene rings is 4. The minimum absolute atomic E-state index is 0. The van der Waals surface area contributed by atoms with Gasteiger partial charge in [-0.2, -0.15) is 17.2 Å². The van der Waals surface area contributed by atoms with E-state index in [1.807, 2.05) is 41.2 Å². The van der Waals surface area contributed by atoms with Gasteiger partial charge in [0.15, 0.2) is 0 Å². The normalized spacial score (nSPS) is 11.6. The van der Waals surface area contributed by atoms with Crippen molar-refractivity contribution in [2.24, 2.45) is 0 Å². The Balaban J connectivity index is 0.00000432. The van der Waals surface area contributed by atoms with Crippen molar-refractivity contribution in [3.63, 3.8) is 0 Å². The van der Waals surface area contributed by atoms with Crippen molar-refractivity contribution in [3.8, 4) is 34.1 Å². The van der Waals surface area contributed by atoms with Crippen LogP contribution in [0.2, 0.25) is 0 Å². The first-order chi connectivity index (χ1) is 23.5. The van der Waals surface area contributed by atoms with Gasteiger partial charge in [0.2, 0.25) is 0 Å². The molecule has 256 valence electrons. The van der Waals surface area contributed by atoms with Crippen LogP contribution >= 0.6 is 0 Å². The number of aromatic nitrogens is 4. The molecule has 0 N–H and O–H groups in total. The largest absolute Gasteiger partial charge is 2.00 e. The Hall–Kier alpha value is -4.50. The fraction of sp³-hybridized carbons (Fsp3) is 0.273. The summed E-state index contributed by atoms with van der Waals surface area (Å²) in [5, 5.41) is 7.37. The standard InChI is InChI=1S/C44H44N4O.Pd/c1-25(2)41-29(7)28(6)30(8)42(26(3)4)44(41)43-31(9)46-48(32(43)10)33-14-13-15-34(23-33)49-35-18-19-37-36-16-11-12-17-38(36)47(39(37)24-35)40-22-27(5)20-21-45-40;/h11-22,25-26H,1-10H3;/q-2;+2. The number of rotatable bonds is 7. The molecule has 6 heteroatoms. The summed E-state index contributed by atoms with van der Waals surface area (Å²) in [7, 11) is 0. The maximum absolute atomic E-state index is 6.48. The molecule has 0 radical (unpaired) electrons. The average molecular weight is 751 g/mol. The molecule has 50 heavy (non-hydrogen) atoms. The van der Waals surface area contributed by atoms with Crippen LogP contribution in [0.4, 0.5) is 0 Å². The molecule has 0 aliphatic rings. The number of para-hydroxylation sites is 1. The summed E-state index contributed by atoms with van der Waals surface area (Å²) in [5.41, 5.74) is 15.7. The van der Waals surface area contributed by atoms with Crippen LogP contribution < -0.4 is 4.74 Å². The van der Waals surface area contributed by atoms with Crippen molar-refractivity contribution >= 4 is 21.8 Å². The topological polar surface area (TPSA) is 44.9 Å². The molecule has 0 bridgehead atoms. The number of ether oxygens (including phenoxy) is 1. The van der Waals surface area contributed by atoms with E-state index < -0.39 is 0 Å². The SMILES string of the molecule is Cc1ccnc(-n2c3[c-]c(Oc4[c-]c(-n5nc(C)c(-c6c(C(C)C)c(C)c(C)c(C)c6C(C)C)c5C)ccc4)ccc3c3ccccc32)c1.[Pd+2]. The van der Waals surface area contributed by atoms with Crippen LogP contribution in [0.25, 0.3) is 44.4 Å². The van der Waals surface area contributed by atoms with Gasteiger partial charge in [-0.1, -0.05) is 51.4 Å². The molecule has 0 saturated heterocycles. The molecular weight excluding hydrogens is 707 g/mol. The molecule has 0 spiro atoms. The van der Waals surface area contributed by atoms with Gasteiger partial charge < -0.3 is 9.30 Å². The number of hydrogen-bond donors (Lipinski definition) is 0. The summed E-state index contributed by atoms with van der Waals surface area (Å²) in [6.45, 7) is 22.4. The van der Waals surface area contributed by atoms with Crippen LogP contribution in [0.3, 0.4) is 0 Å². The van der Waals surface area contributed by atoms with E-state index in [4.69, 9.17) is 14.8 Å². The zero-order chi connectivity index (χ0) is 34.7. The van der Waals surface area contributed by atoms with E-state index in [1.165, 1.54) is 38.9 Å². The zero-order valence-electron chi connectivity index (χ0n) is 30.6. The first-order valence-electron chi connectivity index (χ1n) is 17.2. The second kappa shape index (κ2) is 13.7. The molecule has 0 atom stereocenters. The third-order valence-corrected chi connectivity index (χ3v) is 10.1. The van der Waals surface area contributed by atoms with Crippen molar-refractivity contribution in [2.45, 2.75) is 81.1 Å². The van der Waals surface area contributed by atoms with Gasteiger partial charge >= 0.3 is 20.4 Å².